The third-order valence-corrected chi connectivity index (χ3v) is 3.98. The second-order valence-corrected chi connectivity index (χ2v) is 5.39. The van der Waals surface area contributed by atoms with Crippen molar-refractivity contribution in [2.24, 2.45) is 0 Å². The monoisotopic (exact) mass is 281 g/mol. The molecule has 1 aromatic heterocycles. The van der Waals surface area contributed by atoms with Crippen molar-refractivity contribution in [3.8, 4) is 0 Å². The summed E-state index contributed by atoms with van der Waals surface area (Å²) in [6.45, 7) is 5.34. The second kappa shape index (κ2) is 8.45. The summed E-state index contributed by atoms with van der Waals surface area (Å²) < 4.78 is 11.4. The molecule has 1 aromatic rings. The van der Waals surface area contributed by atoms with Crippen molar-refractivity contribution in [1.82, 2.24) is 4.90 Å². The summed E-state index contributed by atoms with van der Waals surface area (Å²) in [7, 11) is 0. The maximum Gasteiger partial charge on any atom is 0.121 e. The molecule has 4 nitrogen and oxygen atoms in total. The van der Waals surface area contributed by atoms with Crippen molar-refractivity contribution >= 4 is 0 Å². The predicted octanol–water partition coefficient (Wildman–Crippen LogP) is 2.77. The summed E-state index contributed by atoms with van der Waals surface area (Å²) in [5.74, 6) is 2.17. The van der Waals surface area contributed by atoms with E-state index in [1.807, 2.05) is 0 Å². The van der Waals surface area contributed by atoms with Gasteiger partial charge < -0.3 is 14.3 Å². The van der Waals surface area contributed by atoms with Crippen LogP contribution in [0.25, 0.3) is 0 Å². The zero-order valence-electron chi connectivity index (χ0n) is 12.5. The standard InChI is InChI=1S/C16H27NO3/c1-2-14-7-8-16(20-14)15-6-4-3-5-9-17(15)10-12-19-13-11-18/h7-8,15,18H,2-6,9-13H2,1H3. The highest BCUT2D eigenvalue weighted by Crippen LogP contribution is 2.31. The Hall–Kier alpha value is -0.840. The van der Waals surface area contributed by atoms with Gasteiger partial charge in [0.2, 0.25) is 0 Å². The van der Waals surface area contributed by atoms with Crippen molar-refractivity contribution in [1.29, 1.82) is 0 Å². The molecule has 1 N–H and O–H groups in total. The Morgan fingerprint density at radius 3 is 2.95 bits per heavy atom. The maximum atomic E-state index is 8.75. The molecule has 1 aliphatic heterocycles. The van der Waals surface area contributed by atoms with Crippen molar-refractivity contribution in [2.75, 3.05) is 32.9 Å². The van der Waals surface area contributed by atoms with E-state index in [1.165, 1.54) is 19.3 Å². The largest absolute Gasteiger partial charge is 0.464 e. The summed E-state index contributed by atoms with van der Waals surface area (Å²) in [5, 5.41) is 8.75. The van der Waals surface area contributed by atoms with Crippen molar-refractivity contribution < 1.29 is 14.3 Å². The Labute approximate surface area is 121 Å². The Balaban J connectivity index is 1.97. The molecule has 1 aliphatic rings. The smallest absolute Gasteiger partial charge is 0.121 e. The molecule has 2 rings (SSSR count). The first-order valence-corrected chi connectivity index (χ1v) is 7.86. The van der Waals surface area contributed by atoms with E-state index in [0.717, 1.165) is 37.5 Å². The van der Waals surface area contributed by atoms with Crippen molar-refractivity contribution in [3.63, 3.8) is 0 Å². The average Bonchev–Trinajstić information content (AvgIpc) is 2.83. The first-order valence-electron chi connectivity index (χ1n) is 7.86. The fourth-order valence-electron chi connectivity index (χ4n) is 2.87. The lowest BCUT2D eigenvalue weighted by atomic mass is 10.1. The molecule has 0 amide bonds. The van der Waals surface area contributed by atoms with Gasteiger partial charge in [-0.2, -0.15) is 0 Å². The number of furan rings is 1. The summed E-state index contributed by atoms with van der Waals surface area (Å²) in [4.78, 5) is 2.47. The van der Waals surface area contributed by atoms with Crippen LogP contribution in [0.15, 0.2) is 16.5 Å². The summed E-state index contributed by atoms with van der Waals surface area (Å²) in [6.07, 6.45) is 5.92. The highest BCUT2D eigenvalue weighted by atomic mass is 16.5. The number of ether oxygens (including phenoxy) is 1. The Morgan fingerprint density at radius 2 is 2.20 bits per heavy atom. The van der Waals surface area contributed by atoms with Crippen LogP contribution in [0.4, 0.5) is 0 Å². The molecule has 1 fully saturated rings. The van der Waals surface area contributed by atoms with Crippen LogP contribution in [0, 0.1) is 0 Å². The highest BCUT2D eigenvalue weighted by molar-refractivity contribution is 5.11. The minimum atomic E-state index is 0.0987. The number of rotatable bonds is 7. The van der Waals surface area contributed by atoms with Gasteiger partial charge in [0.25, 0.3) is 0 Å². The van der Waals surface area contributed by atoms with E-state index >= 15 is 0 Å². The summed E-state index contributed by atoms with van der Waals surface area (Å²) in [6, 6.07) is 4.62. The number of likely N-dealkylation sites (tertiary alicyclic amines) is 1. The Bertz CT molecular complexity index is 378. The van der Waals surface area contributed by atoms with Gasteiger partial charge in [0.15, 0.2) is 0 Å². The summed E-state index contributed by atoms with van der Waals surface area (Å²) in [5.41, 5.74) is 0. The Kier molecular flexibility index (Phi) is 6.57. The normalized spacial score (nSPS) is 21.0. The first kappa shape index (κ1) is 15.5. The number of aryl methyl sites for hydroxylation is 1. The van der Waals surface area contributed by atoms with E-state index in [-0.39, 0.29) is 6.61 Å². The van der Waals surface area contributed by atoms with E-state index in [0.29, 0.717) is 19.3 Å². The third-order valence-electron chi connectivity index (χ3n) is 3.98. The fourth-order valence-corrected chi connectivity index (χ4v) is 2.87. The third kappa shape index (κ3) is 4.33. The van der Waals surface area contributed by atoms with E-state index in [2.05, 4.69) is 24.0 Å². The molecule has 0 radical (unpaired) electrons. The van der Waals surface area contributed by atoms with E-state index in [4.69, 9.17) is 14.3 Å². The quantitative estimate of drug-likeness (QED) is 0.781. The molecular weight excluding hydrogens is 254 g/mol. The summed E-state index contributed by atoms with van der Waals surface area (Å²) >= 11 is 0. The number of aliphatic hydroxyl groups is 1. The van der Waals surface area contributed by atoms with Crippen LogP contribution >= 0.6 is 0 Å². The van der Waals surface area contributed by atoms with Gasteiger partial charge in [0.05, 0.1) is 25.9 Å². The molecule has 0 aliphatic carbocycles. The van der Waals surface area contributed by atoms with Crippen LogP contribution in [-0.4, -0.2) is 42.9 Å². The zero-order valence-corrected chi connectivity index (χ0v) is 12.5. The number of nitrogens with zero attached hydrogens (tertiary/aromatic N) is 1. The molecule has 0 bridgehead atoms. The molecule has 1 saturated heterocycles. The minimum Gasteiger partial charge on any atom is -0.464 e. The van der Waals surface area contributed by atoms with Crippen molar-refractivity contribution in [3.05, 3.63) is 23.7 Å². The molecule has 1 unspecified atom stereocenters. The molecule has 0 aromatic carbocycles. The fraction of sp³-hybridized carbons (Fsp3) is 0.750. The van der Waals surface area contributed by atoms with Crippen LogP contribution in [0.5, 0.6) is 0 Å². The number of hydrogen-bond acceptors (Lipinski definition) is 4. The van der Waals surface area contributed by atoms with Gasteiger partial charge >= 0.3 is 0 Å². The molecule has 2 heterocycles. The van der Waals surface area contributed by atoms with E-state index in [1.54, 1.807) is 0 Å². The van der Waals surface area contributed by atoms with Gasteiger partial charge in [-0.05, 0) is 31.5 Å². The van der Waals surface area contributed by atoms with Gasteiger partial charge in [0.1, 0.15) is 11.5 Å². The SMILES string of the molecule is CCc1ccc(C2CCCCCN2CCOCCO)o1. The van der Waals surface area contributed by atoms with Gasteiger partial charge in [0, 0.05) is 13.0 Å². The molecular formula is C16H27NO3. The van der Waals surface area contributed by atoms with Crippen LogP contribution < -0.4 is 0 Å². The molecule has 1 atom stereocenters. The van der Waals surface area contributed by atoms with Gasteiger partial charge in [-0.25, -0.2) is 0 Å². The van der Waals surface area contributed by atoms with Crippen LogP contribution in [0.1, 0.15) is 50.2 Å². The Morgan fingerprint density at radius 1 is 1.30 bits per heavy atom. The van der Waals surface area contributed by atoms with Gasteiger partial charge in [-0.15, -0.1) is 0 Å². The number of hydrogen-bond donors (Lipinski definition) is 1. The molecule has 0 saturated carbocycles. The average molecular weight is 281 g/mol. The molecule has 114 valence electrons. The van der Waals surface area contributed by atoms with Crippen LogP contribution in [0.3, 0.4) is 0 Å². The van der Waals surface area contributed by atoms with Crippen molar-refractivity contribution in [2.45, 2.75) is 45.1 Å². The van der Waals surface area contributed by atoms with Crippen LogP contribution in [-0.2, 0) is 11.2 Å². The number of aliphatic hydroxyl groups excluding tert-OH is 1. The molecule has 20 heavy (non-hydrogen) atoms. The van der Waals surface area contributed by atoms with Crippen LogP contribution in [0.2, 0.25) is 0 Å². The molecule has 4 heteroatoms. The lowest BCUT2D eigenvalue weighted by Crippen LogP contribution is -2.32. The zero-order chi connectivity index (χ0) is 14.2. The van der Waals surface area contributed by atoms with Gasteiger partial charge in [-0.3, -0.25) is 4.90 Å². The topological polar surface area (TPSA) is 45.8 Å². The van der Waals surface area contributed by atoms with E-state index < -0.39 is 0 Å². The molecule has 0 spiro atoms. The first-order chi connectivity index (χ1) is 9.85. The minimum absolute atomic E-state index is 0.0987. The predicted molar refractivity (Wildman–Crippen MR) is 78.8 cm³/mol. The lowest BCUT2D eigenvalue weighted by Gasteiger charge is -2.28. The van der Waals surface area contributed by atoms with E-state index in [9.17, 15) is 0 Å². The highest BCUT2D eigenvalue weighted by Gasteiger charge is 2.24. The lowest BCUT2D eigenvalue weighted by molar-refractivity contribution is 0.0601. The van der Waals surface area contributed by atoms with Gasteiger partial charge in [-0.1, -0.05) is 19.8 Å². The maximum absolute atomic E-state index is 8.75. The second-order valence-electron chi connectivity index (χ2n) is 5.39.